The van der Waals surface area contributed by atoms with E-state index in [2.05, 4.69) is 52.1 Å². The summed E-state index contributed by atoms with van der Waals surface area (Å²) in [6.45, 7) is 0. The molecular formula is C14H9NS2. The molecule has 0 spiro atoms. The van der Waals surface area contributed by atoms with Crippen molar-refractivity contribution in [2.24, 2.45) is 0 Å². The second kappa shape index (κ2) is 3.45. The van der Waals surface area contributed by atoms with Gasteiger partial charge < -0.3 is 4.98 Å². The van der Waals surface area contributed by atoms with E-state index < -0.39 is 0 Å². The van der Waals surface area contributed by atoms with Gasteiger partial charge in [-0.2, -0.15) is 0 Å². The summed E-state index contributed by atoms with van der Waals surface area (Å²) in [5.41, 5.74) is 2.47. The number of benzene rings is 1. The maximum Gasteiger partial charge on any atom is 0.0566 e. The van der Waals surface area contributed by atoms with Crippen molar-refractivity contribution in [3.63, 3.8) is 0 Å². The van der Waals surface area contributed by atoms with Gasteiger partial charge in [-0.05, 0) is 35.0 Å². The number of rotatable bonds is 1. The van der Waals surface area contributed by atoms with E-state index in [1.807, 2.05) is 0 Å². The van der Waals surface area contributed by atoms with Gasteiger partial charge in [0.25, 0.3) is 0 Å². The molecule has 3 aromatic heterocycles. The highest BCUT2D eigenvalue weighted by Gasteiger charge is 2.07. The van der Waals surface area contributed by atoms with Gasteiger partial charge in [0.1, 0.15) is 0 Å². The Bertz CT molecular complexity index is 790. The van der Waals surface area contributed by atoms with Gasteiger partial charge in [-0.1, -0.05) is 12.1 Å². The smallest absolute Gasteiger partial charge is 0.0566 e. The fourth-order valence-electron chi connectivity index (χ4n) is 2.21. The van der Waals surface area contributed by atoms with Crippen LogP contribution in [0.2, 0.25) is 0 Å². The minimum absolute atomic E-state index is 1.22. The average Bonchev–Trinajstić information content (AvgIpc) is 3.08. The van der Waals surface area contributed by atoms with E-state index in [1.54, 1.807) is 22.7 Å². The molecule has 0 aliphatic carbocycles. The summed E-state index contributed by atoms with van der Waals surface area (Å²) in [5.74, 6) is 0. The van der Waals surface area contributed by atoms with E-state index in [-0.39, 0.29) is 0 Å². The zero-order chi connectivity index (χ0) is 11.2. The van der Waals surface area contributed by atoms with Gasteiger partial charge in [0.05, 0.1) is 16.1 Å². The lowest BCUT2D eigenvalue weighted by Gasteiger charge is -1.92. The molecule has 1 aromatic carbocycles. The van der Waals surface area contributed by atoms with Crippen LogP contribution in [0.5, 0.6) is 0 Å². The summed E-state index contributed by atoms with van der Waals surface area (Å²) in [5, 5.41) is 6.88. The molecule has 0 bridgehead atoms. The number of H-pyrrole nitrogens is 1. The van der Waals surface area contributed by atoms with Crippen LogP contribution in [0, 0.1) is 0 Å². The molecule has 0 radical (unpaired) electrons. The predicted molar refractivity (Wildman–Crippen MR) is 77.0 cm³/mol. The van der Waals surface area contributed by atoms with E-state index in [0.29, 0.717) is 0 Å². The van der Waals surface area contributed by atoms with Crippen LogP contribution in [-0.4, -0.2) is 4.98 Å². The normalized spacial score (nSPS) is 11.5. The van der Waals surface area contributed by atoms with E-state index in [9.17, 15) is 0 Å². The van der Waals surface area contributed by atoms with Crippen molar-refractivity contribution in [2.75, 3.05) is 0 Å². The fraction of sp³-hybridized carbons (Fsp3) is 0. The standard InChI is InChI=1S/C14H9NS2/c1-2-13(16-6-1)11-8-9-3-4-12-10(5-7-17-12)14(9)15-11/h1-8,15H. The summed E-state index contributed by atoms with van der Waals surface area (Å²) in [6, 6.07) is 13.1. The van der Waals surface area contributed by atoms with Crippen LogP contribution in [0.1, 0.15) is 0 Å². The zero-order valence-electron chi connectivity index (χ0n) is 8.94. The SMILES string of the molecule is c1csc(-c2cc3ccc4sccc4c3[nH]2)c1. The highest BCUT2D eigenvalue weighted by atomic mass is 32.1. The maximum atomic E-state index is 3.54. The van der Waals surface area contributed by atoms with Crippen LogP contribution in [-0.2, 0) is 0 Å². The van der Waals surface area contributed by atoms with E-state index >= 15 is 0 Å². The molecule has 0 saturated heterocycles. The molecule has 4 rings (SSSR count). The van der Waals surface area contributed by atoms with E-state index in [1.165, 1.54) is 31.6 Å². The van der Waals surface area contributed by atoms with E-state index in [0.717, 1.165) is 0 Å². The first kappa shape index (κ1) is 9.45. The number of aromatic amines is 1. The first-order valence-electron chi connectivity index (χ1n) is 5.45. The topological polar surface area (TPSA) is 15.8 Å². The molecule has 0 saturated carbocycles. The van der Waals surface area contributed by atoms with Crippen molar-refractivity contribution >= 4 is 43.7 Å². The molecule has 4 aromatic rings. The average molecular weight is 255 g/mol. The summed E-state index contributed by atoms with van der Waals surface area (Å²) >= 11 is 3.56. The third kappa shape index (κ3) is 1.36. The van der Waals surface area contributed by atoms with Gasteiger partial charge in [0.15, 0.2) is 0 Å². The Morgan fingerprint density at radius 1 is 0.941 bits per heavy atom. The molecule has 0 amide bonds. The lowest BCUT2D eigenvalue weighted by atomic mass is 10.2. The zero-order valence-corrected chi connectivity index (χ0v) is 10.6. The number of hydrogen-bond acceptors (Lipinski definition) is 2. The van der Waals surface area contributed by atoms with Gasteiger partial charge in [0, 0.05) is 15.5 Å². The van der Waals surface area contributed by atoms with Crippen molar-refractivity contribution in [3.05, 3.63) is 47.2 Å². The summed E-state index contributed by atoms with van der Waals surface area (Å²) in [4.78, 5) is 4.84. The first-order chi connectivity index (χ1) is 8.42. The minimum Gasteiger partial charge on any atom is -0.353 e. The Hall–Kier alpha value is -1.58. The number of aromatic nitrogens is 1. The molecule has 1 nitrogen and oxygen atoms in total. The summed E-state index contributed by atoms with van der Waals surface area (Å²) < 4.78 is 1.34. The Morgan fingerprint density at radius 3 is 2.82 bits per heavy atom. The molecule has 3 heterocycles. The second-order valence-corrected chi connectivity index (χ2v) is 5.92. The molecule has 0 aliphatic rings. The number of nitrogens with one attached hydrogen (secondary N) is 1. The summed E-state index contributed by atoms with van der Waals surface area (Å²) in [6.07, 6.45) is 0. The predicted octanol–water partition coefficient (Wildman–Crippen LogP) is 5.11. The summed E-state index contributed by atoms with van der Waals surface area (Å²) in [7, 11) is 0. The number of hydrogen-bond donors (Lipinski definition) is 1. The molecule has 0 aliphatic heterocycles. The Balaban J connectivity index is 2.09. The first-order valence-corrected chi connectivity index (χ1v) is 7.20. The second-order valence-electron chi connectivity index (χ2n) is 4.02. The largest absolute Gasteiger partial charge is 0.353 e. The van der Waals surface area contributed by atoms with Crippen LogP contribution < -0.4 is 0 Å². The molecule has 3 heteroatoms. The Kier molecular flexibility index (Phi) is 1.92. The van der Waals surface area contributed by atoms with Gasteiger partial charge in [-0.15, -0.1) is 22.7 Å². The van der Waals surface area contributed by atoms with Gasteiger partial charge in [-0.3, -0.25) is 0 Å². The molecule has 0 atom stereocenters. The van der Waals surface area contributed by atoms with Crippen molar-refractivity contribution in [1.82, 2.24) is 4.98 Å². The highest BCUT2D eigenvalue weighted by molar-refractivity contribution is 7.17. The van der Waals surface area contributed by atoms with Crippen LogP contribution in [0.4, 0.5) is 0 Å². The van der Waals surface area contributed by atoms with Crippen molar-refractivity contribution in [3.8, 4) is 10.6 Å². The lowest BCUT2D eigenvalue weighted by molar-refractivity contribution is 1.49. The number of fused-ring (bicyclic) bond motifs is 3. The lowest BCUT2D eigenvalue weighted by Crippen LogP contribution is -1.70. The van der Waals surface area contributed by atoms with Crippen LogP contribution in [0.15, 0.2) is 47.2 Å². The van der Waals surface area contributed by atoms with Crippen LogP contribution >= 0.6 is 22.7 Å². The van der Waals surface area contributed by atoms with Gasteiger partial charge in [-0.25, -0.2) is 0 Å². The molecular weight excluding hydrogens is 246 g/mol. The van der Waals surface area contributed by atoms with Crippen LogP contribution in [0.3, 0.4) is 0 Å². The van der Waals surface area contributed by atoms with Crippen molar-refractivity contribution in [2.45, 2.75) is 0 Å². The Labute approximate surface area is 106 Å². The molecule has 0 unspecified atom stereocenters. The highest BCUT2D eigenvalue weighted by Crippen LogP contribution is 2.33. The van der Waals surface area contributed by atoms with Gasteiger partial charge in [0.2, 0.25) is 0 Å². The minimum atomic E-state index is 1.22. The van der Waals surface area contributed by atoms with E-state index in [4.69, 9.17) is 0 Å². The Morgan fingerprint density at radius 2 is 1.94 bits per heavy atom. The van der Waals surface area contributed by atoms with Crippen LogP contribution in [0.25, 0.3) is 31.6 Å². The number of thiophene rings is 2. The molecule has 82 valence electrons. The maximum absolute atomic E-state index is 3.54. The quantitative estimate of drug-likeness (QED) is 0.486. The molecule has 1 N–H and O–H groups in total. The molecule has 17 heavy (non-hydrogen) atoms. The monoisotopic (exact) mass is 255 g/mol. The molecule has 0 fully saturated rings. The third-order valence-electron chi connectivity index (χ3n) is 3.01. The van der Waals surface area contributed by atoms with Crippen molar-refractivity contribution < 1.29 is 0 Å². The fourth-order valence-corrected chi connectivity index (χ4v) is 3.70. The van der Waals surface area contributed by atoms with Crippen molar-refractivity contribution in [1.29, 1.82) is 0 Å². The third-order valence-corrected chi connectivity index (χ3v) is 4.80. The van der Waals surface area contributed by atoms with Gasteiger partial charge >= 0.3 is 0 Å².